The molecule has 0 amide bonds. The summed E-state index contributed by atoms with van der Waals surface area (Å²) in [6.07, 6.45) is -1.93. The van der Waals surface area contributed by atoms with Gasteiger partial charge in [-0.15, -0.1) is 10.2 Å². The van der Waals surface area contributed by atoms with Crippen LogP contribution in [0.1, 0.15) is 30.0 Å². The van der Waals surface area contributed by atoms with Crippen LogP contribution in [0.15, 0.2) is 49.1 Å². The van der Waals surface area contributed by atoms with Crippen LogP contribution in [0.25, 0.3) is 17.1 Å². The van der Waals surface area contributed by atoms with Crippen molar-refractivity contribution < 1.29 is 44.7 Å². The summed E-state index contributed by atoms with van der Waals surface area (Å²) in [5.74, 6) is -7.39. The third-order valence-corrected chi connectivity index (χ3v) is 7.82. The summed E-state index contributed by atoms with van der Waals surface area (Å²) in [5.41, 5.74) is 0.190. The maximum absolute atomic E-state index is 15.2. The second-order valence-electron chi connectivity index (χ2n) is 9.11. The van der Waals surface area contributed by atoms with Gasteiger partial charge in [0.25, 0.3) is 16.0 Å². The number of pyridine rings is 1. The summed E-state index contributed by atoms with van der Waals surface area (Å²) in [4.78, 5) is 28.4. The molecule has 3 heterocycles. The number of hydrogen-bond donors (Lipinski definition) is 0. The van der Waals surface area contributed by atoms with Gasteiger partial charge in [-0.05, 0) is 50.1 Å². The summed E-state index contributed by atoms with van der Waals surface area (Å²) in [5, 5.41) is 5.53. The van der Waals surface area contributed by atoms with Crippen LogP contribution >= 0.6 is 0 Å². The normalized spacial score (nSPS) is 13.4. The Hall–Kier alpha value is -4.58. The van der Waals surface area contributed by atoms with Crippen LogP contribution in [0, 0.1) is 25.5 Å². The van der Waals surface area contributed by atoms with Crippen LogP contribution in [0.5, 0.6) is 0 Å². The molecule has 4 aromatic rings. The molecule has 0 spiro atoms. The number of carbonyl (C=O) groups is 1. The predicted molar refractivity (Wildman–Crippen MR) is 139 cm³/mol. The van der Waals surface area contributed by atoms with Gasteiger partial charge in [0.2, 0.25) is 0 Å². The Morgan fingerprint density at radius 3 is 2.19 bits per heavy atom. The fourth-order valence-corrected chi connectivity index (χ4v) is 5.23. The van der Waals surface area contributed by atoms with E-state index < -0.39 is 67.1 Å². The molecular weight excluding hydrogens is 605 g/mol. The number of halogens is 5. The number of aromatic nitrogens is 6. The first-order valence-electron chi connectivity index (χ1n) is 12.1. The number of carbonyl (C=O) groups excluding carboxylic acids is 1. The lowest BCUT2D eigenvalue weighted by atomic mass is 10.2. The molecule has 12 nitrogen and oxygen atoms in total. The predicted octanol–water partition coefficient (Wildman–Crippen LogP) is 3.95. The number of anilines is 1. The molecule has 0 saturated carbocycles. The van der Waals surface area contributed by atoms with Crippen LogP contribution < -0.4 is 4.47 Å². The van der Waals surface area contributed by atoms with Gasteiger partial charge in [0.15, 0.2) is 11.6 Å². The van der Waals surface area contributed by atoms with Gasteiger partial charge >= 0.3 is 12.1 Å². The smallest absolute Gasteiger partial charge is 0.372 e. The van der Waals surface area contributed by atoms with Crippen molar-refractivity contribution in [3.63, 3.8) is 0 Å². The average molecular weight is 628 g/mol. The number of methoxy groups -OCH3 is 1. The van der Waals surface area contributed by atoms with E-state index in [1.165, 1.54) is 30.9 Å². The molecule has 2 atom stereocenters. The number of sulfonamides is 1. The Labute approximate surface area is 241 Å². The SMILES string of the molecule is CO[C@H](c1ncc(C)cn1)[C@H](C)S(=O)(=O)N(OC(=O)C(F)(F)F)c1nnc(-c2cncc(C)c2)n1-c1c(F)cccc1F. The number of ether oxygens (including phenoxy) is 1. The van der Waals surface area contributed by atoms with Gasteiger partial charge in [-0.2, -0.15) is 13.2 Å². The lowest BCUT2D eigenvalue weighted by molar-refractivity contribution is -0.199. The van der Waals surface area contributed by atoms with Crippen molar-refractivity contribution in [1.29, 1.82) is 0 Å². The second kappa shape index (κ2) is 12.0. The van der Waals surface area contributed by atoms with Crippen LogP contribution in [-0.4, -0.2) is 62.6 Å². The van der Waals surface area contributed by atoms with Crippen LogP contribution in [0.3, 0.4) is 0 Å². The van der Waals surface area contributed by atoms with Crippen LogP contribution in [0.2, 0.25) is 0 Å². The fourth-order valence-electron chi connectivity index (χ4n) is 3.86. The standard InChI is InChI=1S/C25H22F5N7O5S/c1-13-8-16(12-31-9-13)22-34-35-24(36(22)19-17(26)6-5-7-18(19)27)37(42-23(38)25(28,29)30)43(39,40)15(3)20(41-4)21-32-10-14(2)11-33-21/h5-12,15,20H,1-4H3/t15-,20-/m0/s1. The molecule has 0 unspecified atom stereocenters. The third kappa shape index (κ3) is 6.29. The summed E-state index contributed by atoms with van der Waals surface area (Å²) >= 11 is 0. The van der Waals surface area contributed by atoms with E-state index in [4.69, 9.17) is 4.74 Å². The zero-order valence-electron chi connectivity index (χ0n) is 22.7. The molecule has 43 heavy (non-hydrogen) atoms. The minimum Gasteiger partial charge on any atom is -0.372 e. The number of hydrogen-bond acceptors (Lipinski definition) is 10. The molecule has 0 N–H and O–H groups in total. The molecule has 4 rings (SSSR count). The van der Waals surface area contributed by atoms with Crippen molar-refractivity contribution in [1.82, 2.24) is 29.7 Å². The number of nitrogens with zero attached hydrogens (tertiary/aromatic N) is 7. The Kier molecular flexibility index (Phi) is 8.72. The van der Waals surface area contributed by atoms with Crippen molar-refractivity contribution in [2.75, 3.05) is 11.6 Å². The molecule has 0 fully saturated rings. The molecule has 228 valence electrons. The number of alkyl halides is 3. The van der Waals surface area contributed by atoms with E-state index in [2.05, 4.69) is 30.0 Å². The van der Waals surface area contributed by atoms with E-state index in [1.54, 1.807) is 13.8 Å². The van der Waals surface area contributed by atoms with E-state index in [1.807, 2.05) is 0 Å². The van der Waals surface area contributed by atoms with Gasteiger partial charge in [-0.1, -0.05) is 10.5 Å². The molecular formula is C25H22F5N7O5S. The van der Waals surface area contributed by atoms with Crippen LogP contribution in [-0.2, 0) is 24.4 Å². The third-order valence-electron chi connectivity index (χ3n) is 5.94. The van der Waals surface area contributed by atoms with Gasteiger partial charge in [-0.25, -0.2) is 32.0 Å². The molecule has 18 heteroatoms. The second-order valence-corrected chi connectivity index (χ2v) is 11.2. The average Bonchev–Trinajstić information content (AvgIpc) is 3.36. The van der Waals surface area contributed by atoms with E-state index >= 15 is 8.78 Å². The van der Waals surface area contributed by atoms with Crippen LogP contribution in [0.4, 0.5) is 27.9 Å². The van der Waals surface area contributed by atoms with Gasteiger partial charge < -0.3 is 9.57 Å². The summed E-state index contributed by atoms with van der Waals surface area (Å²) < 4.78 is 104. The largest absolute Gasteiger partial charge is 0.493 e. The first-order valence-corrected chi connectivity index (χ1v) is 13.6. The molecule has 0 bridgehead atoms. The van der Waals surface area contributed by atoms with E-state index in [-0.39, 0.29) is 11.4 Å². The molecule has 0 radical (unpaired) electrons. The minimum absolute atomic E-state index is 0.0387. The van der Waals surface area contributed by atoms with Crippen molar-refractivity contribution in [3.8, 4) is 17.1 Å². The zero-order chi connectivity index (χ0) is 31.7. The first kappa shape index (κ1) is 31.4. The summed E-state index contributed by atoms with van der Waals surface area (Å²) in [7, 11) is -4.22. The van der Waals surface area contributed by atoms with E-state index in [9.17, 15) is 26.4 Å². The zero-order valence-corrected chi connectivity index (χ0v) is 23.6. The highest BCUT2D eigenvalue weighted by Gasteiger charge is 2.48. The minimum atomic E-state index is -5.70. The number of aryl methyl sites for hydroxylation is 2. The van der Waals surface area contributed by atoms with Crippen molar-refractivity contribution in [3.05, 3.63) is 77.6 Å². The van der Waals surface area contributed by atoms with Gasteiger partial charge in [0, 0.05) is 37.5 Å². The highest BCUT2D eigenvalue weighted by Crippen LogP contribution is 2.35. The van der Waals surface area contributed by atoms with E-state index in [0.717, 1.165) is 32.2 Å². The first-order chi connectivity index (χ1) is 20.2. The maximum atomic E-state index is 15.2. The molecule has 3 aromatic heterocycles. The summed E-state index contributed by atoms with van der Waals surface area (Å²) in [6, 6.07) is 4.05. The molecule has 0 aliphatic carbocycles. The van der Waals surface area contributed by atoms with E-state index in [0.29, 0.717) is 15.7 Å². The molecule has 0 aliphatic heterocycles. The Balaban J connectivity index is 1.99. The molecule has 0 aliphatic rings. The highest BCUT2D eigenvalue weighted by molar-refractivity contribution is 7.93. The summed E-state index contributed by atoms with van der Waals surface area (Å²) in [6.45, 7) is 4.28. The number of rotatable bonds is 9. The van der Waals surface area contributed by atoms with Gasteiger partial charge in [0.1, 0.15) is 28.7 Å². The Bertz CT molecular complexity index is 1730. The fraction of sp³-hybridized carbons (Fsp3) is 0.280. The maximum Gasteiger partial charge on any atom is 0.493 e. The number of benzene rings is 1. The van der Waals surface area contributed by atoms with Gasteiger partial charge in [-0.3, -0.25) is 9.55 Å². The quantitative estimate of drug-likeness (QED) is 0.198. The van der Waals surface area contributed by atoms with Crippen molar-refractivity contribution in [2.45, 2.75) is 38.3 Å². The molecule has 0 saturated heterocycles. The van der Waals surface area contributed by atoms with Gasteiger partial charge in [0.05, 0.1) is 0 Å². The Morgan fingerprint density at radius 2 is 1.63 bits per heavy atom. The topological polar surface area (TPSA) is 142 Å². The molecule has 1 aromatic carbocycles. The number of para-hydroxylation sites is 1. The van der Waals surface area contributed by atoms with Crippen molar-refractivity contribution in [2.24, 2.45) is 0 Å². The Morgan fingerprint density at radius 1 is 1.00 bits per heavy atom. The lowest BCUT2D eigenvalue weighted by Gasteiger charge is -2.28. The monoisotopic (exact) mass is 627 g/mol. The lowest BCUT2D eigenvalue weighted by Crippen LogP contribution is -2.45. The highest BCUT2D eigenvalue weighted by atomic mass is 32.2. The van der Waals surface area contributed by atoms with Crippen molar-refractivity contribution >= 4 is 21.9 Å².